The maximum absolute atomic E-state index is 11.1. The van der Waals surface area contributed by atoms with Gasteiger partial charge in [0.25, 0.3) is 0 Å². The third-order valence-corrected chi connectivity index (χ3v) is 1.90. The summed E-state index contributed by atoms with van der Waals surface area (Å²) in [5.74, 6) is -1.57. The van der Waals surface area contributed by atoms with E-state index in [1.54, 1.807) is 20.8 Å². The normalized spacial score (nSPS) is 15.5. The third-order valence-electron chi connectivity index (χ3n) is 1.90. The molecule has 0 rings (SSSR count). The van der Waals surface area contributed by atoms with Crippen molar-refractivity contribution in [2.45, 2.75) is 39.7 Å². The second kappa shape index (κ2) is 3.92. The molecule has 0 radical (unpaired) electrons. The van der Waals surface area contributed by atoms with E-state index in [0.29, 0.717) is 0 Å². The highest BCUT2D eigenvalue weighted by Gasteiger charge is 2.56. The Labute approximate surface area is 86.8 Å². The first-order valence-corrected chi connectivity index (χ1v) is 4.34. The van der Waals surface area contributed by atoms with Crippen molar-refractivity contribution in [3.05, 3.63) is 20.2 Å². The molecule has 0 saturated carbocycles. The predicted molar refractivity (Wildman–Crippen MR) is 51.5 cm³/mol. The summed E-state index contributed by atoms with van der Waals surface area (Å²) in [4.78, 5) is 30.0. The Bertz CT molecular complexity index is 307. The topological polar surface area (TPSA) is 103 Å². The van der Waals surface area contributed by atoms with Crippen molar-refractivity contribution in [1.29, 1.82) is 0 Å². The maximum Gasteiger partial charge on any atom is 0.520 e. The Morgan fingerprint density at radius 2 is 1.53 bits per heavy atom. The van der Waals surface area contributed by atoms with E-state index in [0.717, 1.165) is 6.92 Å². The van der Waals surface area contributed by atoms with Crippen molar-refractivity contribution in [1.82, 2.24) is 0 Å². The summed E-state index contributed by atoms with van der Waals surface area (Å²) in [5, 5.41) is 21.0. The molecule has 0 bridgehead atoms. The van der Waals surface area contributed by atoms with Gasteiger partial charge in [-0.25, -0.2) is 4.79 Å². The molecular formula is C8H14N2O5. The highest BCUT2D eigenvalue weighted by atomic mass is 16.7. The monoisotopic (exact) mass is 218 g/mol. The zero-order valence-corrected chi connectivity index (χ0v) is 9.14. The molecule has 0 aromatic carbocycles. The highest BCUT2D eigenvalue weighted by Crippen LogP contribution is 2.30. The van der Waals surface area contributed by atoms with Crippen LogP contribution in [0.2, 0.25) is 0 Å². The molecule has 1 atom stereocenters. The molecule has 0 aliphatic heterocycles. The van der Waals surface area contributed by atoms with Crippen LogP contribution in [0, 0.1) is 25.6 Å². The molecule has 7 nitrogen and oxygen atoms in total. The zero-order chi connectivity index (χ0) is 12.4. The smallest absolute Gasteiger partial charge is 0.263 e. The quantitative estimate of drug-likeness (QED) is 0.524. The van der Waals surface area contributed by atoms with Crippen LogP contribution in [0.5, 0.6) is 0 Å². The molecule has 0 heterocycles. The van der Waals surface area contributed by atoms with Crippen molar-refractivity contribution in [3.8, 4) is 0 Å². The fourth-order valence-electron chi connectivity index (χ4n) is 1.45. The Morgan fingerprint density at radius 3 is 1.73 bits per heavy atom. The molecule has 0 aliphatic carbocycles. The van der Waals surface area contributed by atoms with Gasteiger partial charge in [0, 0.05) is 18.3 Å². The minimum Gasteiger partial charge on any atom is -0.263 e. The van der Waals surface area contributed by atoms with Gasteiger partial charge in [-0.3, -0.25) is 20.2 Å². The van der Waals surface area contributed by atoms with Crippen LogP contribution < -0.4 is 0 Å². The molecule has 7 heteroatoms. The molecule has 1 unspecified atom stereocenters. The van der Waals surface area contributed by atoms with Gasteiger partial charge in [0.05, 0.1) is 0 Å². The summed E-state index contributed by atoms with van der Waals surface area (Å²) in [6.07, 6.45) is -0.174. The Balaban J connectivity index is 5.18. The minimum atomic E-state index is -2.15. The van der Waals surface area contributed by atoms with Crippen LogP contribution in [0.3, 0.4) is 0 Å². The van der Waals surface area contributed by atoms with E-state index < -0.39 is 26.7 Å². The van der Waals surface area contributed by atoms with Gasteiger partial charge in [-0.2, -0.15) is 0 Å². The van der Waals surface area contributed by atoms with Gasteiger partial charge >= 0.3 is 11.4 Å². The second-order valence-corrected chi connectivity index (χ2v) is 4.83. The fraction of sp³-hybridized carbons (Fsp3) is 0.875. The van der Waals surface area contributed by atoms with E-state index in [1.807, 2.05) is 0 Å². The lowest BCUT2D eigenvalue weighted by atomic mass is 9.80. The summed E-state index contributed by atoms with van der Waals surface area (Å²) >= 11 is 0. The molecule has 0 spiro atoms. The lowest BCUT2D eigenvalue weighted by molar-refractivity contribution is -0.575. The molecule has 0 aromatic heterocycles. The predicted octanol–water partition coefficient (Wildman–Crippen LogP) is 1.26. The van der Waals surface area contributed by atoms with E-state index >= 15 is 0 Å². The molecule has 0 saturated heterocycles. The number of carbonyl (C=O) groups excluding carboxylic acids is 1. The average Bonchev–Trinajstić information content (AvgIpc) is 1.99. The van der Waals surface area contributed by atoms with Crippen molar-refractivity contribution in [3.63, 3.8) is 0 Å². The Hall–Kier alpha value is -1.53. The summed E-state index contributed by atoms with van der Waals surface area (Å²) in [6.45, 7) is 6.04. The molecule has 0 N–H and O–H groups in total. The van der Waals surface area contributed by atoms with Crippen LogP contribution in [0.4, 0.5) is 0 Å². The Kier molecular flexibility index (Phi) is 3.52. The van der Waals surface area contributed by atoms with Crippen LogP contribution in [0.25, 0.3) is 0 Å². The third kappa shape index (κ3) is 3.26. The first-order valence-electron chi connectivity index (χ1n) is 4.34. The number of hydrogen-bond acceptors (Lipinski definition) is 5. The van der Waals surface area contributed by atoms with Gasteiger partial charge < -0.3 is 0 Å². The molecular weight excluding hydrogens is 204 g/mol. The largest absolute Gasteiger partial charge is 0.520 e. The van der Waals surface area contributed by atoms with Gasteiger partial charge in [-0.05, 0) is 5.41 Å². The Morgan fingerprint density at radius 1 is 1.13 bits per heavy atom. The average molecular weight is 218 g/mol. The van der Waals surface area contributed by atoms with Crippen molar-refractivity contribution in [2.75, 3.05) is 0 Å². The SMILES string of the molecule is CC(C)(C)CC(C)(C(=O)[N+](=O)[O-])[N+](=O)[O-]. The second-order valence-electron chi connectivity index (χ2n) is 4.83. The zero-order valence-electron chi connectivity index (χ0n) is 9.14. The highest BCUT2D eigenvalue weighted by molar-refractivity contribution is 5.76. The number of nitro groups is 2. The minimum absolute atomic E-state index is 0.174. The van der Waals surface area contributed by atoms with E-state index in [2.05, 4.69) is 0 Å². The van der Waals surface area contributed by atoms with E-state index in [1.165, 1.54) is 0 Å². The maximum atomic E-state index is 11.1. The lowest BCUT2D eigenvalue weighted by Gasteiger charge is -2.23. The molecule has 0 fully saturated rings. The fourth-order valence-corrected chi connectivity index (χ4v) is 1.45. The number of nitrogens with zero attached hydrogens (tertiary/aromatic N) is 2. The van der Waals surface area contributed by atoms with Crippen LogP contribution in [-0.2, 0) is 4.79 Å². The lowest BCUT2D eigenvalue weighted by Crippen LogP contribution is -2.49. The van der Waals surface area contributed by atoms with Crippen molar-refractivity contribution >= 4 is 5.91 Å². The van der Waals surface area contributed by atoms with Crippen LogP contribution in [-0.4, -0.2) is 21.3 Å². The van der Waals surface area contributed by atoms with E-state index in [-0.39, 0.29) is 6.42 Å². The first kappa shape index (κ1) is 13.5. The van der Waals surface area contributed by atoms with Gasteiger partial charge in [0.15, 0.2) is 0 Å². The van der Waals surface area contributed by atoms with Gasteiger partial charge in [-0.15, -0.1) is 0 Å². The molecule has 86 valence electrons. The van der Waals surface area contributed by atoms with Gasteiger partial charge in [0.2, 0.25) is 0 Å². The standard InChI is InChI=1S/C8H14N2O5/c1-7(2,3)5-8(4,10(14)15)6(11)9(12)13/h5H2,1-4H3. The van der Waals surface area contributed by atoms with E-state index in [9.17, 15) is 25.0 Å². The molecule has 15 heavy (non-hydrogen) atoms. The van der Waals surface area contributed by atoms with Crippen molar-refractivity contribution < 1.29 is 14.6 Å². The summed E-state index contributed by atoms with van der Waals surface area (Å²) in [5.41, 5.74) is -2.69. The molecule has 0 aliphatic rings. The summed E-state index contributed by atoms with van der Waals surface area (Å²) < 4.78 is 0. The number of amides is 1. The van der Waals surface area contributed by atoms with Crippen molar-refractivity contribution in [2.24, 2.45) is 5.41 Å². The first-order chi connectivity index (χ1) is 6.50. The summed E-state index contributed by atoms with van der Waals surface area (Å²) in [6, 6.07) is 0. The van der Waals surface area contributed by atoms with Gasteiger partial charge in [0.1, 0.15) is 4.92 Å². The van der Waals surface area contributed by atoms with Crippen LogP contribution >= 0.6 is 0 Å². The number of rotatable bonds is 3. The molecule has 0 aromatic rings. The van der Waals surface area contributed by atoms with Crippen LogP contribution in [0.1, 0.15) is 34.1 Å². The number of hydrogen-bond donors (Lipinski definition) is 0. The van der Waals surface area contributed by atoms with Gasteiger partial charge in [-0.1, -0.05) is 20.8 Å². The van der Waals surface area contributed by atoms with E-state index in [4.69, 9.17) is 0 Å². The number of carbonyl (C=O) groups is 1. The van der Waals surface area contributed by atoms with Crippen LogP contribution in [0.15, 0.2) is 0 Å². The summed E-state index contributed by atoms with van der Waals surface area (Å²) in [7, 11) is 0. The molecule has 1 amide bonds.